The van der Waals surface area contributed by atoms with Gasteiger partial charge in [-0.3, -0.25) is 20.4 Å². The van der Waals surface area contributed by atoms with Gasteiger partial charge in [-0.05, 0) is 61.3 Å². The Bertz CT molecular complexity index is 769. The van der Waals surface area contributed by atoms with Crippen LogP contribution in [0.25, 0.3) is 5.69 Å². The van der Waals surface area contributed by atoms with E-state index in [-0.39, 0.29) is 11.8 Å². The third-order valence-electron chi connectivity index (χ3n) is 5.68. The fourth-order valence-corrected chi connectivity index (χ4v) is 4.50. The van der Waals surface area contributed by atoms with Crippen molar-refractivity contribution < 1.29 is 9.59 Å². The Labute approximate surface area is 147 Å². The monoisotopic (exact) mass is 337 g/mol. The molecule has 2 saturated carbocycles. The van der Waals surface area contributed by atoms with Crippen molar-refractivity contribution in [1.82, 2.24) is 15.4 Å². The quantitative estimate of drug-likeness (QED) is 0.842. The molecule has 130 valence electrons. The number of fused-ring (bicyclic) bond motifs is 2. The summed E-state index contributed by atoms with van der Waals surface area (Å²) in [6, 6.07) is 11.2. The predicted molar refractivity (Wildman–Crippen MR) is 94.9 cm³/mol. The molecule has 2 bridgehead atoms. The standard InChI is InChI=1S/C20H23N3O2/c24-19(13-16-12-14-7-8-15(16)11-14)21-22-20(25)17-5-1-2-6-18(17)23-9-3-4-10-23/h1-6,9-10,14-16H,7-8,11-13H2,(H,21,24)(H,22,25)/t14-,15+,16-/m0/s1. The number of carbonyl (C=O) groups is 2. The zero-order valence-corrected chi connectivity index (χ0v) is 14.2. The van der Waals surface area contributed by atoms with Crippen molar-refractivity contribution in [3.05, 3.63) is 54.4 Å². The van der Waals surface area contributed by atoms with E-state index in [1.807, 2.05) is 47.3 Å². The largest absolute Gasteiger partial charge is 0.323 e. The first-order valence-corrected chi connectivity index (χ1v) is 9.02. The third-order valence-corrected chi connectivity index (χ3v) is 5.68. The van der Waals surface area contributed by atoms with E-state index < -0.39 is 0 Å². The molecule has 5 nitrogen and oxygen atoms in total. The molecule has 2 amide bonds. The van der Waals surface area contributed by atoms with E-state index in [2.05, 4.69) is 10.9 Å². The molecule has 1 heterocycles. The lowest BCUT2D eigenvalue weighted by Crippen LogP contribution is -2.42. The molecule has 0 radical (unpaired) electrons. The number of amides is 2. The highest BCUT2D eigenvalue weighted by Crippen LogP contribution is 2.49. The fourth-order valence-electron chi connectivity index (χ4n) is 4.50. The van der Waals surface area contributed by atoms with Crippen molar-refractivity contribution in [2.45, 2.75) is 32.1 Å². The molecular formula is C20H23N3O2. The van der Waals surface area contributed by atoms with Crippen LogP contribution in [0.15, 0.2) is 48.8 Å². The van der Waals surface area contributed by atoms with Gasteiger partial charge in [0.1, 0.15) is 0 Å². The maximum absolute atomic E-state index is 12.5. The third kappa shape index (κ3) is 3.31. The number of aromatic nitrogens is 1. The Kier molecular flexibility index (Phi) is 4.30. The summed E-state index contributed by atoms with van der Waals surface area (Å²) in [4.78, 5) is 24.7. The molecule has 3 atom stereocenters. The number of rotatable bonds is 4. The number of nitrogens with zero attached hydrogens (tertiary/aromatic N) is 1. The van der Waals surface area contributed by atoms with Gasteiger partial charge in [0, 0.05) is 18.8 Å². The zero-order valence-electron chi connectivity index (χ0n) is 14.2. The number of hydrogen-bond donors (Lipinski definition) is 2. The number of carbonyl (C=O) groups excluding carboxylic acids is 2. The first kappa shape index (κ1) is 15.9. The summed E-state index contributed by atoms with van der Waals surface area (Å²) in [5.41, 5.74) is 6.47. The highest BCUT2D eigenvalue weighted by Gasteiger charge is 2.40. The lowest BCUT2D eigenvalue weighted by Gasteiger charge is -2.21. The molecule has 4 rings (SSSR count). The van der Waals surface area contributed by atoms with Crippen molar-refractivity contribution >= 4 is 11.8 Å². The van der Waals surface area contributed by atoms with Crippen LogP contribution < -0.4 is 10.9 Å². The van der Waals surface area contributed by atoms with Gasteiger partial charge in [-0.15, -0.1) is 0 Å². The first-order valence-electron chi connectivity index (χ1n) is 9.02. The summed E-state index contributed by atoms with van der Waals surface area (Å²) in [5, 5.41) is 0. The maximum Gasteiger partial charge on any atom is 0.271 e. The number of benzene rings is 1. The topological polar surface area (TPSA) is 63.1 Å². The van der Waals surface area contributed by atoms with Gasteiger partial charge >= 0.3 is 0 Å². The van der Waals surface area contributed by atoms with Crippen LogP contribution in [-0.2, 0) is 4.79 Å². The molecule has 0 unspecified atom stereocenters. The lowest BCUT2D eigenvalue weighted by atomic mass is 9.86. The fraction of sp³-hybridized carbons (Fsp3) is 0.400. The second-order valence-electron chi connectivity index (χ2n) is 7.25. The van der Waals surface area contributed by atoms with Gasteiger partial charge in [0.05, 0.1) is 11.3 Å². The molecule has 1 aromatic heterocycles. The number of para-hydroxylation sites is 1. The number of nitrogens with one attached hydrogen (secondary N) is 2. The molecule has 2 N–H and O–H groups in total. The van der Waals surface area contributed by atoms with E-state index in [1.165, 1.54) is 25.7 Å². The van der Waals surface area contributed by atoms with Crippen LogP contribution in [0, 0.1) is 17.8 Å². The second kappa shape index (κ2) is 6.75. The molecule has 2 aliphatic carbocycles. The van der Waals surface area contributed by atoms with Crippen LogP contribution in [0.5, 0.6) is 0 Å². The average molecular weight is 337 g/mol. The van der Waals surface area contributed by atoms with E-state index in [0.29, 0.717) is 23.8 Å². The lowest BCUT2D eigenvalue weighted by molar-refractivity contribution is -0.123. The van der Waals surface area contributed by atoms with Gasteiger partial charge in [-0.1, -0.05) is 18.6 Å². The Hall–Kier alpha value is -2.56. The van der Waals surface area contributed by atoms with Crippen molar-refractivity contribution in [1.29, 1.82) is 0 Å². The summed E-state index contributed by atoms with van der Waals surface area (Å²) in [7, 11) is 0. The molecule has 0 saturated heterocycles. The first-order chi connectivity index (χ1) is 12.2. The highest BCUT2D eigenvalue weighted by molar-refractivity contribution is 5.98. The van der Waals surface area contributed by atoms with Crippen LogP contribution in [0.1, 0.15) is 42.5 Å². The Morgan fingerprint density at radius 1 is 1.00 bits per heavy atom. The molecule has 2 aromatic rings. The van der Waals surface area contributed by atoms with E-state index in [1.54, 1.807) is 6.07 Å². The van der Waals surface area contributed by atoms with Crippen LogP contribution in [0.3, 0.4) is 0 Å². The highest BCUT2D eigenvalue weighted by atomic mass is 16.2. The van der Waals surface area contributed by atoms with Crippen LogP contribution >= 0.6 is 0 Å². The Morgan fingerprint density at radius 3 is 2.52 bits per heavy atom. The van der Waals surface area contributed by atoms with Crippen molar-refractivity contribution in [3.63, 3.8) is 0 Å². The minimum Gasteiger partial charge on any atom is -0.323 e. The second-order valence-corrected chi connectivity index (χ2v) is 7.25. The molecule has 25 heavy (non-hydrogen) atoms. The van der Waals surface area contributed by atoms with Crippen LogP contribution in [0.4, 0.5) is 0 Å². The van der Waals surface area contributed by atoms with E-state index in [4.69, 9.17) is 0 Å². The minimum absolute atomic E-state index is 0.0932. The van der Waals surface area contributed by atoms with Gasteiger partial charge in [-0.2, -0.15) is 0 Å². The van der Waals surface area contributed by atoms with Crippen molar-refractivity contribution in [3.8, 4) is 5.69 Å². The van der Waals surface area contributed by atoms with Gasteiger partial charge in [0.15, 0.2) is 0 Å². The van der Waals surface area contributed by atoms with E-state index >= 15 is 0 Å². The molecule has 5 heteroatoms. The summed E-state index contributed by atoms with van der Waals surface area (Å²) >= 11 is 0. The van der Waals surface area contributed by atoms with Gasteiger partial charge in [0.25, 0.3) is 5.91 Å². The summed E-state index contributed by atoms with van der Waals surface area (Å²) in [5.74, 6) is 1.63. The molecule has 1 aromatic carbocycles. The normalized spacial score (nSPS) is 24.2. The van der Waals surface area contributed by atoms with E-state index in [0.717, 1.165) is 11.6 Å². The molecular weight excluding hydrogens is 314 g/mol. The smallest absolute Gasteiger partial charge is 0.271 e. The summed E-state index contributed by atoms with van der Waals surface area (Å²) < 4.78 is 1.88. The molecule has 2 fully saturated rings. The average Bonchev–Trinajstić information content (AvgIpc) is 3.37. The van der Waals surface area contributed by atoms with Crippen molar-refractivity contribution in [2.24, 2.45) is 17.8 Å². The zero-order chi connectivity index (χ0) is 17.2. The number of hydrazine groups is 1. The van der Waals surface area contributed by atoms with E-state index in [9.17, 15) is 9.59 Å². The number of hydrogen-bond acceptors (Lipinski definition) is 2. The van der Waals surface area contributed by atoms with Crippen LogP contribution in [0.2, 0.25) is 0 Å². The molecule has 0 aliphatic heterocycles. The maximum atomic E-state index is 12.5. The SMILES string of the molecule is O=C(C[C@@H]1C[C@H]2CC[C@@H]1C2)NNC(=O)c1ccccc1-n1cccc1. The Balaban J connectivity index is 1.36. The van der Waals surface area contributed by atoms with Gasteiger partial charge < -0.3 is 4.57 Å². The van der Waals surface area contributed by atoms with Crippen molar-refractivity contribution in [2.75, 3.05) is 0 Å². The van der Waals surface area contributed by atoms with Gasteiger partial charge in [0.2, 0.25) is 5.91 Å². The van der Waals surface area contributed by atoms with Gasteiger partial charge in [-0.25, -0.2) is 0 Å². The molecule has 2 aliphatic rings. The van der Waals surface area contributed by atoms with Crippen LogP contribution in [-0.4, -0.2) is 16.4 Å². The molecule has 0 spiro atoms. The summed E-state index contributed by atoms with van der Waals surface area (Å²) in [6.45, 7) is 0. The Morgan fingerprint density at radius 2 is 1.80 bits per heavy atom. The predicted octanol–water partition coefficient (Wildman–Crippen LogP) is 3.06. The minimum atomic E-state index is -0.300. The summed E-state index contributed by atoms with van der Waals surface area (Å²) in [6.07, 6.45) is 9.34.